The monoisotopic (exact) mass is 286 g/mol. The SMILES string of the molecule is CCCNS(=O)(=O)c1ccc(NCC(C)CO)cc1. The molecule has 1 unspecified atom stereocenters. The van der Waals surface area contributed by atoms with Crippen molar-refractivity contribution in [3.63, 3.8) is 0 Å². The van der Waals surface area contributed by atoms with Gasteiger partial charge in [-0.05, 0) is 36.6 Å². The van der Waals surface area contributed by atoms with Gasteiger partial charge in [0.15, 0.2) is 0 Å². The summed E-state index contributed by atoms with van der Waals surface area (Å²) in [5.74, 6) is 0.162. The van der Waals surface area contributed by atoms with Crippen LogP contribution in [0.2, 0.25) is 0 Å². The molecule has 0 heterocycles. The lowest BCUT2D eigenvalue weighted by atomic mass is 10.2. The maximum Gasteiger partial charge on any atom is 0.240 e. The van der Waals surface area contributed by atoms with Crippen LogP contribution in [0.1, 0.15) is 20.3 Å². The summed E-state index contributed by atoms with van der Waals surface area (Å²) < 4.78 is 26.2. The first-order chi connectivity index (χ1) is 8.99. The van der Waals surface area contributed by atoms with E-state index < -0.39 is 10.0 Å². The second kappa shape index (κ2) is 7.47. The lowest BCUT2D eigenvalue weighted by Gasteiger charge is -2.11. The quantitative estimate of drug-likeness (QED) is 0.675. The van der Waals surface area contributed by atoms with E-state index in [2.05, 4.69) is 10.0 Å². The Balaban J connectivity index is 2.65. The summed E-state index contributed by atoms with van der Waals surface area (Å²) in [5, 5.41) is 12.1. The molecule has 0 saturated carbocycles. The number of nitrogens with one attached hydrogen (secondary N) is 2. The summed E-state index contributed by atoms with van der Waals surface area (Å²) in [6, 6.07) is 6.60. The fraction of sp³-hybridized carbons (Fsp3) is 0.538. The van der Waals surface area contributed by atoms with Crippen LogP contribution in [0.25, 0.3) is 0 Å². The van der Waals surface area contributed by atoms with Crippen molar-refractivity contribution in [3.05, 3.63) is 24.3 Å². The molecule has 0 aliphatic rings. The number of hydrogen-bond acceptors (Lipinski definition) is 4. The highest BCUT2D eigenvalue weighted by Gasteiger charge is 2.12. The fourth-order valence-corrected chi connectivity index (χ4v) is 2.56. The van der Waals surface area contributed by atoms with E-state index in [0.29, 0.717) is 13.1 Å². The van der Waals surface area contributed by atoms with Gasteiger partial charge >= 0.3 is 0 Å². The maximum atomic E-state index is 11.9. The maximum absolute atomic E-state index is 11.9. The predicted octanol–water partition coefficient (Wildman–Crippen LogP) is 1.42. The zero-order chi connectivity index (χ0) is 14.3. The Morgan fingerprint density at radius 3 is 2.42 bits per heavy atom. The highest BCUT2D eigenvalue weighted by Crippen LogP contribution is 2.14. The van der Waals surface area contributed by atoms with Gasteiger partial charge in [0.25, 0.3) is 0 Å². The molecule has 0 radical (unpaired) electrons. The van der Waals surface area contributed by atoms with Gasteiger partial charge in [0.05, 0.1) is 4.90 Å². The number of benzene rings is 1. The summed E-state index contributed by atoms with van der Waals surface area (Å²) in [5.41, 5.74) is 0.842. The van der Waals surface area contributed by atoms with Crippen molar-refractivity contribution in [1.29, 1.82) is 0 Å². The molecular formula is C13H22N2O3S. The van der Waals surface area contributed by atoms with Gasteiger partial charge in [-0.25, -0.2) is 13.1 Å². The average molecular weight is 286 g/mol. The van der Waals surface area contributed by atoms with Crippen molar-refractivity contribution in [1.82, 2.24) is 4.72 Å². The van der Waals surface area contributed by atoms with Crippen molar-refractivity contribution in [2.45, 2.75) is 25.2 Å². The van der Waals surface area contributed by atoms with E-state index in [4.69, 9.17) is 5.11 Å². The molecule has 5 nitrogen and oxygen atoms in total. The second-order valence-corrected chi connectivity index (χ2v) is 6.36. The Kier molecular flexibility index (Phi) is 6.27. The van der Waals surface area contributed by atoms with Crippen LogP contribution in [0.4, 0.5) is 5.69 Å². The van der Waals surface area contributed by atoms with Crippen LogP contribution in [0, 0.1) is 5.92 Å². The lowest BCUT2D eigenvalue weighted by Crippen LogP contribution is -2.24. The van der Waals surface area contributed by atoms with Crippen molar-refractivity contribution in [2.75, 3.05) is 25.0 Å². The Morgan fingerprint density at radius 1 is 1.26 bits per heavy atom. The van der Waals surface area contributed by atoms with Crippen LogP contribution in [0.5, 0.6) is 0 Å². The number of aliphatic hydroxyl groups is 1. The number of sulfonamides is 1. The summed E-state index contributed by atoms with van der Waals surface area (Å²) in [6.07, 6.45) is 0.762. The molecule has 0 aliphatic heterocycles. The lowest BCUT2D eigenvalue weighted by molar-refractivity contribution is 0.244. The van der Waals surface area contributed by atoms with Crippen molar-refractivity contribution < 1.29 is 13.5 Å². The third-order valence-electron chi connectivity index (χ3n) is 2.67. The molecule has 0 spiro atoms. The number of anilines is 1. The van der Waals surface area contributed by atoms with E-state index in [-0.39, 0.29) is 17.4 Å². The molecular weight excluding hydrogens is 264 g/mol. The van der Waals surface area contributed by atoms with Gasteiger partial charge in [-0.2, -0.15) is 0 Å². The predicted molar refractivity (Wildman–Crippen MR) is 76.7 cm³/mol. The highest BCUT2D eigenvalue weighted by atomic mass is 32.2. The number of aliphatic hydroxyl groups excluding tert-OH is 1. The van der Waals surface area contributed by atoms with Crippen LogP contribution in [0.3, 0.4) is 0 Å². The summed E-state index contributed by atoms with van der Waals surface area (Å²) >= 11 is 0. The van der Waals surface area contributed by atoms with Crippen LogP contribution in [0.15, 0.2) is 29.2 Å². The molecule has 6 heteroatoms. The first-order valence-corrected chi connectivity index (χ1v) is 7.92. The fourth-order valence-electron chi connectivity index (χ4n) is 1.43. The van der Waals surface area contributed by atoms with Gasteiger partial charge in [-0.3, -0.25) is 0 Å². The largest absolute Gasteiger partial charge is 0.396 e. The summed E-state index contributed by atoms with van der Waals surface area (Å²) in [7, 11) is -3.39. The molecule has 1 rings (SSSR count). The van der Waals surface area contributed by atoms with Gasteiger partial charge in [-0.1, -0.05) is 13.8 Å². The molecule has 0 saturated heterocycles. The molecule has 1 aromatic carbocycles. The van der Waals surface area contributed by atoms with Crippen LogP contribution in [-0.4, -0.2) is 33.2 Å². The summed E-state index contributed by atoms with van der Waals surface area (Å²) in [4.78, 5) is 0.265. The highest BCUT2D eigenvalue weighted by molar-refractivity contribution is 7.89. The third-order valence-corrected chi connectivity index (χ3v) is 4.15. The molecule has 108 valence electrons. The molecule has 1 atom stereocenters. The summed E-state index contributed by atoms with van der Waals surface area (Å²) in [6.45, 7) is 5.06. The van der Waals surface area contributed by atoms with Gasteiger partial charge in [0.1, 0.15) is 0 Å². The van der Waals surface area contributed by atoms with Gasteiger partial charge in [0.2, 0.25) is 10.0 Å². The second-order valence-electron chi connectivity index (χ2n) is 4.59. The Morgan fingerprint density at radius 2 is 1.89 bits per heavy atom. The van der Waals surface area contributed by atoms with E-state index in [1.54, 1.807) is 24.3 Å². The van der Waals surface area contributed by atoms with E-state index in [0.717, 1.165) is 12.1 Å². The van der Waals surface area contributed by atoms with Gasteiger partial charge < -0.3 is 10.4 Å². The molecule has 0 bridgehead atoms. The molecule has 0 aromatic heterocycles. The Hall–Kier alpha value is -1.11. The Bertz CT molecular complexity index is 471. The zero-order valence-corrected chi connectivity index (χ0v) is 12.2. The number of rotatable bonds is 8. The molecule has 3 N–H and O–H groups in total. The molecule has 1 aromatic rings. The first kappa shape index (κ1) is 15.9. The van der Waals surface area contributed by atoms with E-state index in [9.17, 15) is 8.42 Å². The minimum Gasteiger partial charge on any atom is -0.396 e. The normalized spacial score (nSPS) is 13.2. The number of hydrogen-bond donors (Lipinski definition) is 3. The van der Waals surface area contributed by atoms with E-state index in [1.807, 2.05) is 13.8 Å². The third kappa shape index (κ3) is 5.18. The van der Waals surface area contributed by atoms with E-state index >= 15 is 0 Å². The van der Waals surface area contributed by atoms with Crippen LogP contribution >= 0.6 is 0 Å². The van der Waals surface area contributed by atoms with Crippen molar-refractivity contribution >= 4 is 15.7 Å². The standard InChI is InChI=1S/C13H22N2O3S/c1-3-8-15-19(17,18)13-6-4-12(5-7-13)14-9-11(2)10-16/h4-7,11,14-16H,3,8-10H2,1-2H3. The molecule has 19 heavy (non-hydrogen) atoms. The zero-order valence-electron chi connectivity index (χ0n) is 11.4. The van der Waals surface area contributed by atoms with E-state index in [1.165, 1.54) is 0 Å². The molecule has 0 fully saturated rings. The minimum absolute atomic E-state index is 0.125. The van der Waals surface area contributed by atoms with Gasteiger partial charge in [-0.15, -0.1) is 0 Å². The first-order valence-electron chi connectivity index (χ1n) is 6.44. The van der Waals surface area contributed by atoms with Gasteiger partial charge in [0, 0.05) is 25.4 Å². The molecule has 0 amide bonds. The smallest absolute Gasteiger partial charge is 0.240 e. The van der Waals surface area contributed by atoms with Crippen LogP contribution in [-0.2, 0) is 10.0 Å². The average Bonchev–Trinajstić information content (AvgIpc) is 2.43. The Labute approximate surface area is 115 Å². The van der Waals surface area contributed by atoms with Crippen molar-refractivity contribution in [3.8, 4) is 0 Å². The van der Waals surface area contributed by atoms with Crippen LogP contribution < -0.4 is 10.0 Å². The topological polar surface area (TPSA) is 78.4 Å². The minimum atomic E-state index is -3.39. The van der Waals surface area contributed by atoms with Crippen molar-refractivity contribution in [2.24, 2.45) is 5.92 Å². The molecule has 0 aliphatic carbocycles.